The molecule has 6 heteroatoms. The molecule has 2 saturated carbocycles. The Labute approximate surface area is 138 Å². The summed E-state index contributed by atoms with van der Waals surface area (Å²) in [5.74, 6) is 0.855. The number of amides is 2. The van der Waals surface area contributed by atoms with Gasteiger partial charge in [-0.05, 0) is 26.2 Å². The van der Waals surface area contributed by atoms with E-state index < -0.39 is 0 Å². The summed E-state index contributed by atoms with van der Waals surface area (Å²) in [5.41, 5.74) is 0.162. The molecule has 2 unspecified atom stereocenters. The predicted octanol–water partition coefficient (Wildman–Crippen LogP) is 2.35. The Morgan fingerprint density at radius 2 is 2.22 bits per heavy atom. The third-order valence-corrected chi connectivity index (χ3v) is 5.57. The molecule has 2 fully saturated rings. The van der Waals surface area contributed by atoms with Gasteiger partial charge in [0.25, 0.3) is 0 Å². The number of nitrogens with zero attached hydrogens (tertiary/aromatic N) is 2. The minimum Gasteiger partial charge on any atom is -0.378 e. The van der Waals surface area contributed by atoms with Crippen LogP contribution in [0.4, 0.5) is 4.79 Å². The minimum absolute atomic E-state index is 0.0992. The summed E-state index contributed by atoms with van der Waals surface area (Å²) in [4.78, 5) is 16.5. The smallest absolute Gasteiger partial charge is 0.315 e. The summed E-state index contributed by atoms with van der Waals surface area (Å²) in [6.07, 6.45) is 11.0. The second-order valence-corrected chi connectivity index (χ2v) is 6.81. The molecule has 1 aromatic heterocycles. The van der Waals surface area contributed by atoms with Crippen molar-refractivity contribution >= 4 is 6.03 Å². The number of hydrogen-bond acceptors (Lipinski definition) is 3. The van der Waals surface area contributed by atoms with Crippen LogP contribution >= 0.6 is 0 Å². The van der Waals surface area contributed by atoms with Crippen molar-refractivity contribution in [2.45, 2.75) is 64.1 Å². The molecular formula is C17H28N4O2. The average Bonchev–Trinajstić information content (AvgIpc) is 2.98. The molecule has 6 nitrogen and oxygen atoms in total. The lowest BCUT2D eigenvalue weighted by Gasteiger charge is -2.57. The first-order valence-corrected chi connectivity index (χ1v) is 8.78. The van der Waals surface area contributed by atoms with Gasteiger partial charge in [-0.3, -0.25) is 0 Å². The number of urea groups is 1. The summed E-state index contributed by atoms with van der Waals surface area (Å²) >= 11 is 0. The molecule has 0 bridgehead atoms. The number of imidazole rings is 1. The highest BCUT2D eigenvalue weighted by atomic mass is 16.5. The zero-order chi connectivity index (χ0) is 16.3. The van der Waals surface area contributed by atoms with Crippen molar-refractivity contribution in [3.63, 3.8) is 0 Å². The molecule has 1 aromatic rings. The van der Waals surface area contributed by atoms with Gasteiger partial charge in [0.2, 0.25) is 0 Å². The molecule has 0 radical (unpaired) electrons. The van der Waals surface area contributed by atoms with Gasteiger partial charge in [-0.2, -0.15) is 0 Å². The van der Waals surface area contributed by atoms with Gasteiger partial charge >= 0.3 is 6.03 Å². The van der Waals surface area contributed by atoms with E-state index in [0.29, 0.717) is 12.6 Å². The molecule has 2 N–H and O–H groups in total. The first kappa shape index (κ1) is 16.3. The quantitative estimate of drug-likeness (QED) is 0.875. The van der Waals surface area contributed by atoms with E-state index in [1.165, 1.54) is 32.1 Å². The van der Waals surface area contributed by atoms with E-state index in [9.17, 15) is 4.79 Å². The van der Waals surface area contributed by atoms with Crippen LogP contribution < -0.4 is 10.6 Å². The highest BCUT2D eigenvalue weighted by Gasteiger charge is 2.56. The van der Waals surface area contributed by atoms with Crippen LogP contribution in [0.25, 0.3) is 0 Å². The zero-order valence-corrected chi connectivity index (χ0v) is 14.2. The summed E-state index contributed by atoms with van der Waals surface area (Å²) < 4.78 is 7.85. The Morgan fingerprint density at radius 1 is 1.43 bits per heavy atom. The van der Waals surface area contributed by atoms with E-state index in [1.54, 1.807) is 6.20 Å². The molecule has 1 heterocycles. The number of hydrogen-bond donors (Lipinski definition) is 2. The van der Waals surface area contributed by atoms with E-state index in [4.69, 9.17) is 4.74 Å². The van der Waals surface area contributed by atoms with Gasteiger partial charge in [-0.15, -0.1) is 0 Å². The highest BCUT2D eigenvalue weighted by molar-refractivity contribution is 5.74. The minimum atomic E-state index is -0.0992. The van der Waals surface area contributed by atoms with Gasteiger partial charge in [-0.25, -0.2) is 9.78 Å². The molecule has 0 aliphatic heterocycles. The summed E-state index contributed by atoms with van der Waals surface area (Å²) in [6.45, 7) is 3.26. The number of rotatable bonds is 5. The van der Waals surface area contributed by atoms with Crippen LogP contribution in [0.15, 0.2) is 12.4 Å². The SMILES string of the molecule is CCOC1CC(NC(=O)NCc2nccn2C)C12CCCCC2. The van der Waals surface area contributed by atoms with E-state index in [0.717, 1.165) is 18.9 Å². The van der Waals surface area contributed by atoms with E-state index in [1.807, 2.05) is 17.8 Å². The summed E-state index contributed by atoms with van der Waals surface area (Å²) in [7, 11) is 1.93. The molecule has 2 amide bonds. The number of carbonyl (C=O) groups is 1. The fourth-order valence-corrected chi connectivity index (χ4v) is 4.20. The Bertz CT molecular complexity index is 536. The molecule has 2 aliphatic carbocycles. The van der Waals surface area contributed by atoms with E-state index in [-0.39, 0.29) is 17.5 Å². The number of carbonyl (C=O) groups excluding carboxylic acids is 1. The molecule has 0 saturated heterocycles. The van der Waals surface area contributed by atoms with Crippen LogP contribution in [-0.4, -0.2) is 34.3 Å². The van der Waals surface area contributed by atoms with Crippen molar-refractivity contribution in [3.05, 3.63) is 18.2 Å². The van der Waals surface area contributed by atoms with Gasteiger partial charge in [0, 0.05) is 37.5 Å². The molecule has 1 spiro atoms. The van der Waals surface area contributed by atoms with Crippen molar-refractivity contribution in [1.29, 1.82) is 0 Å². The second kappa shape index (κ2) is 6.91. The fourth-order valence-electron chi connectivity index (χ4n) is 4.20. The lowest BCUT2D eigenvalue weighted by atomic mass is 9.55. The number of nitrogens with one attached hydrogen (secondary N) is 2. The maximum Gasteiger partial charge on any atom is 0.315 e. The Kier molecular flexibility index (Phi) is 4.90. The van der Waals surface area contributed by atoms with Gasteiger partial charge in [0.1, 0.15) is 5.82 Å². The summed E-state index contributed by atoms with van der Waals surface area (Å²) in [5, 5.41) is 6.10. The van der Waals surface area contributed by atoms with Crippen LogP contribution in [0.3, 0.4) is 0 Å². The molecule has 2 aliphatic rings. The molecule has 2 atom stereocenters. The van der Waals surface area contributed by atoms with Gasteiger partial charge in [0.15, 0.2) is 0 Å². The van der Waals surface area contributed by atoms with Crippen molar-refractivity contribution < 1.29 is 9.53 Å². The third kappa shape index (κ3) is 3.22. The maximum absolute atomic E-state index is 12.2. The van der Waals surface area contributed by atoms with Gasteiger partial charge in [0.05, 0.1) is 12.6 Å². The van der Waals surface area contributed by atoms with Crippen molar-refractivity contribution in [2.75, 3.05) is 6.61 Å². The van der Waals surface area contributed by atoms with Gasteiger partial charge in [-0.1, -0.05) is 19.3 Å². The standard InChI is InChI=1S/C17H28N4O2/c1-3-23-14-11-13(17(14)7-5-4-6-8-17)20-16(22)19-12-15-18-9-10-21(15)2/h9-10,13-14H,3-8,11-12H2,1-2H3,(H2,19,20,22). The highest BCUT2D eigenvalue weighted by Crippen LogP contribution is 2.53. The molecule has 0 aromatic carbocycles. The van der Waals surface area contributed by atoms with E-state index in [2.05, 4.69) is 22.5 Å². The van der Waals surface area contributed by atoms with Gasteiger partial charge < -0.3 is 19.9 Å². The third-order valence-electron chi connectivity index (χ3n) is 5.57. The Hall–Kier alpha value is -1.56. The largest absolute Gasteiger partial charge is 0.378 e. The van der Waals surface area contributed by atoms with Crippen molar-refractivity contribution in [2.24, 2.45) is 12.5 Å². The first-order valence-electron chi connectivity index (χ1n) is 8.78. The molecular weight excluding hydrogens is 292 g/mol. The summed E-state index contributed by atoms with van der Waals surface area (Å²) in [6, 6.07) is 0.138. The average molecular weight is 320 g/mol. The van der Waals surface area contributed by atoms with Crippen LogP contribution in [-0.2, 0) is 18.3 Å². The van der Waals surface area contributed by atoms with E-state index >= 15 is 0 Å². The fraction of sp³-hybridized carbons (Fsp3) is 0.765. The van der Waals surface area contributed by atoms with Crippen LogP contribution in [0.5, 0.6) is 0 Å². The first-order chi connectivity index (χ1) is 11.2. The van der Waals surface area contributed by atoms with Crippen LogP contribution in [0, 0.1) is 5.41 Å². The maximum atomic E-state index is 12.2. The molecule has 3 rings (SSSR count). The Balaban J connectivity index is 1.54. The van der Waals surface area contributed by atoms with Crippen LogP contribution in [0.1, 0.15) is 51.3 Å². The molecule has 23 heavy (non-hydrogen) atoms. The lowest BCUT2D eigenvalue weighted by Crippen LogP contribution is -2.66. The van der Waals surface area contributed by atoms with Crippen LogP contribution in [0.2, 0.25) is 0 Å². The monoisotopic (exact) mass is 320 g/mol. The second-order valence-electron chi connectivity index (χ2n) is 6.81. The number of aromatic nitrogens is 2. The predicted molar refractivity (Wildman–Crippen MR) is 87.9 cm³/mol. The molecule has 128 valence electrons. The lowest BCUT2D eigenvalue weighted by molar-refractivity contribution is -0.146. The number of ether oxygens (including phenoxy) is 1. The normalized spacial score (nSPS) is 25.8. The topological polar surface area (TPSA) is 68.2 Å². The zero-order valence-electron chi connectivity index (χ0n) is 14.2. The van der Waals surface area contributed by atoms with Crippen molar-refractivity contribution in [1.82, 2.24) is 20.2 Å². The Morgan fingerprint density at radius 3 is 2.87 bits per heavy atom. The van der Waals surface area contributed by atoms with Crippen molar-refractivity contribution in [3.8, 4) is 0 Å². The number of aryl methyl sites for hydroxylation is 1.